The van der Waals surface area contributed by atoms with E-state index in [0.29, 0.717) is 5.92 Å². The fraction of sp³-hybridized carbons (Fsp3) is 0.625. The maximum atomic E-state index is 5.94. The molecule has 0 amide bonds. The molecule has 0 fully saturated rings. The van der Waals surface area contributed by atoms with E-state index in [-0.39, 0.29) is 0 Å². The van der Waals surface area contributed by atoms with Gasteiger partial charge >= 0.3 is 0 Å². The summed E-state index contributed by atoms with van der Waals surface area (Å²) >= 11 is 0. The highest BCUT2D eigenvalue weighted by Gasteiger charge is 2.10. The van der Waals surface area contributed by atoms with Crippen molar-refractivity contribution in [3.63, 3.8) is 0 Å². The van der Waals surface area contributed by atoms with Crippen LogP contribution in [0.5, 0.6) is 5.75 Å². The molecule has 108 valence electrons. The van der Waals surface area contributed by atoms with Crippen molar-refractivity contribution in [3.8, 4) is 5.75 Å². The van der Waals surface area contributed by atoms with Gasteiger partial charge in [0.2, 0.25) is 0 Å². The molecule has 0 bridgehead atoms. The molecule has 2 N–H and O–H groups in total. The van der Waals surface area contributed by atoms with Crippen molar-refractivity contribution in [1.29, 1.82) is 0 Å². The van der Waals surface area contributed by atoms with Gasteiger partial charge in [0.1, 0.15) is 18.8 Å². The number of hydrogen-bond donors (Lipinski definition) is 2. The minimum atomic E-state index is 0.561. The monoisotopic (exact) mass is 266 g/mol. The summed E-state index contributed by atoms with van der Waals surface area (Å²) < 4.78 is 5.94. The molecule has 3 heteroatoms. The van der Waals surface area contributed by atoms with Crippen LogP contribution < -0.4 is 14.5 Å². The van der Waals surface area contributed by atoms with Crippen molar-refractivity contribution in [2.45, 2.75) is 26.9 Å². The molecule has 0 saturated carbocycles. The molecule has 0 radical (unpaired) electrons. The molecule has 1 aromatic carbocycles. The van der Waals surface area contributed by atoms with Crippen LogP contribution in [0.25, 0.3) is 0 Å². The van der Waals surface area contributed by atoms with Gasteiger partial charge in [-0.05, 0) is 24.1 Å². The molecule has 0 aromatic heterocycles. The third-order valence-electron chi connectivity index (χ3n) is 2.80. The van der Waals surface area contributed by atoms with Gasteiger partial charge in [-0.15, -0.1) is 0 Å². The molecular formula is C16H30N2O+2. The van der Waals surface area contributed by atoms with E-state index in [2.05, 4.69) is 60.2 Å². The van der Waals surface area contributed by atoms with Gasteiger partial charge in [-0.1, -0.05) is 13.8 Å². The summed E-state index contributed by atoms with van der Waals surface area (Å²) in [5.41, 5.74) is 2.70. The standard InChI is InChI=1S/C16H28N2O/c1-13(2)12-19-16-8-7-14(10-17(3)4)9-15(16)11-18(5)6/h7-9,13H,10-12H2,1-6H3/p+2. The Balaban J connectivity index is 2.88. The Morgan fingerprint density at radius 3 is 2.16 bits per heavy atom. The third-order valence-corrected chi connectivity index (χ3v) is 2.80. The summed E-state index contributed by atoms with van der Waals surface area (Å²) in [4.78, 5) is 2.86. The average molecular weight is 266 g/mol. The number of nitrogens with one attached hydrogen (secondary N) is 2. The van der Waals surface area contributed by atoms with E-state index in [1.807, 2.05) is 0 Å². The van der Waals surface area contributed by atoms with Gasteiger partial charge in [-0.3, -0.25) is 0 Å². The molecule has 0 unspecified atom stereocenters. The fourth-order valence-corrected chi connectivity index (χ4v) is 2.07. The van der Waals surface area contributed by atoms with E-state index in [1.165, 1.54) is 20.9 Å². The molecular weight excluding hydrogens is 236 g/mol. The van der Waals surface area contributed by atoms with Gasteiger partial charge in [0, 0.05) is 11.1 Å². The smallest absolute Gasteiger partial charge is 0.128 e. The van der Waals surface area contributed by atoms with E-state index in [4.69, 9.17) is 4.74 Å². The predicted molar refractivity (Wildman–Crippen MR) is 79.8 cm³/mol. The Hall–Kier alpha value is -1.06. The molecule has 0 atom stereocenters. The molecule has 1 aromatic rings. The van der Waals surface area contributed by atoms with Crippen LogP contribution in [0.4, 0.5) is 0 Å². The maximum absolute atomic E-state index is 5.94. The Morgan fingerprint density at radius 1 is 1.00 bits per heavy atom. The first-order valence-electron chi connectivity index (χ1n) is 7.21. The minimum Gasteiger partial charge on any atom is -0.493 e. The molecule has 3 nitrogen and oxygen atoms in total. The normalized spacial score (nSPS) is 11.6. The van der Waals surface area contributed by atoms with Crippen LogP contribution in [-0.2, 0) is 13.1 Å². The zero-order valence-corrected chi connectivity index (χ0v) is 13.3. The Morgan fingerprint density at radius 2 is 1.63 bits per heavy atom. The van der Waals surface area contributed by atoms with Crippen LogP contribution in [-0.4, -0.2) is 34.8 Å². The Bertz CT molecular complexity index is 386. The molecule has 0 aliphatic heterocycles. The maximum Gasteiger partial charge on any atom is 0.128 e. The predicted octanol–water partition coefficient (Wildman–Crippen LogP) is 0.0104. The number of hydrogen-bond acceptors (Lipinski definition) is 1. The quantitative estimate of drug-likeness (QED) is 0.711. The zero-order valence-electron chi connectivity index (χ0n) is 13.3. The summed E-state index contributed by atoms with van der Waals surface area (Å²) in [7, 11) is 8.71. The highest BCUT2D eigenvalue weighted by Crippen LogP contribution is 2.20. The van der Waals surface area contributed by atoms with Gasteiger partial charge in [0.15, 0.2) is 0 Å². The molecule has 0 spiro atoms. The van der Waals surface area contributed by atoms with Crippen molar-refractivity contribution in [3.05, 3.63) is 29.3 Å². The first-order chi connectivity index (χ1) is 8.88. The lowest BCUT2D eigenvalue weighted by Gasteiger charge is -2.16. The summed E-state index contributed by atoms with van der Waals surface area (Å²) in [6, 6.07) is 6.63. The summed E-state index contributed by atoms with van der Waals surface area (Å²) in [6.45, 7) is 7.21. The van der Waals surface area contributed by atoms with Crippen LogP contribution >= 0.6 is 0 Å². The van der Waals surface area contributed by atoms with Gasteiger partial charge in [0.05, 0.1) is 34.8 Å². The van der Waals surface area contributed by atoms with E-state index >= 15 is 0 Å². The fourth-order valence-electron chi connectivity index (χ4n) is 2.07. The summed E-state index contributed by atoms with van der Waals surface area (Å²) in [6.07, 6.45) is 0. The second-order valence-electron chi connectivity index (χ2n) is 6.41. The molecule has 1 rings (SSSR count). The molecule has 19 heavy (non-hydrogen) atoms. The highest BCUT2D eigenvalue weighted by atomic mass is 16.5. The topological polar surface area (TPSA) is 18.1 Å². The largest absolute Gasteiger partial charge is 0.493 e. The second kappa shape index (κ2) is 7.51. The Kier molecular flexibility index (Phi) is 6.32. The third kappa shape index (κ3) is 6.08. The van der Waals surface area contributed by atoms with Crippen molar-refractivity contribution in [1.82, 2.24) is 0 Å². The van der Waals surface area contributed by atoms with Gasteiger partial charge in [-0.2, -0.15) is 0 Å². The number of benzene rings is 1. The summed E-state index contributed by atoms with van der Waals surface area (Å²) in [5, 5.41) is 0. The molecule has 0 aliphatic carbocycles. The van der Waals surface area contributed by atoms with Gasteiger partial charge in [0.25, 0.3) is 0 Å². The van der Waals surface area contributed by atoms with Crippen LogP contribution in [0.15, 0.2) is 18.2 Å². The lowest BCUT2D eigenvalue weighted by molar-refractivity contribution is -0.873. The van der Waals surface area contributed by atoms with Crippen LogP contribution in [0.2, 0.25) is 0 Å². The van der Waals surface area contributed by atoms with Crippen molar-refractivity contribution in [2.75, 3.05) is 34.8 Å². The minimum absolute atomic E-state index is 0.561. The van der Waals surface area contributed by atoms with Gasteiger partial charge in [-0.25, -0.2) is 0 Å². The number of quaternary nitrogens is 2. The van der Waals surface area contributed by atoms with Crippen molar-refractivity contribution in [2.24, 2.45) is 5.92 Å². The highest BCUT2D eigenvalue weighted by molar-refractivity contribution is 5.36. The second-order valence-corrected chi connectivity index (χ2v) is 6.41. The van der Waals surface area contributed by atoms with Crippen molar-refractivity contribution >= 4 is 0 Å². The van der Waals surface area contributed by atoms with E-state index < -0.39 is 0 Å². The first-order valence-corrected chi connectivity index (χ1v) is 7.21. The first kappa shape index (κ1) is 16.0. The lowest BCUT2D eigenvalue weighted by Crippen LogP contribution is -3.04. The van der Waals surface area contributed by atoms with Crippen molar-refractivity contribution < 1.29 is 14.5 Å². The van der Waals surface area contributed by atoms with Crippen LogP contribution in [0.1, 0.15) is 25.0 Å². The zero-order chi connectivity index (χ0) is 14.4. The Labute approximate surface area is 118 Å². The SMILES string of the molecule is CC(C)COc1ccc(C[NH+](C)C)cc1C[NH+](C)C. The van der Waals surface area contributed by atoms with Gasteiger partial charge < -0.3 is 14.5 Å². The van der Waals surface area contributed by atoms with E-state index in [0.717, 1.165) is 25.4 Å². The molecule has 0 heterocycles. The molecule has 0 aliphatic rings. The van der Waals surface area contributed by atoms with Crippen LogP contribution in [0, 0.1) is 5.92 Å². The number of ether oxygens (including phenoxy) is 1. The number of rotatable bonds is 7. The molecule has 0 saturated heterocycles. The average Bonchev–Trinajstić information content (AvgIpc) is 2.26. The summed E-state index contributed by atoms with van der Waals surface area (Å²) in [5.74, 6) is 1.61. The van der Waals surface area contributed by atoms with E-state index in [9.17, 15) is 0 Å². The van der Waals surface area contributed by atoms with E-state index in [1.54, 1.807) is 0 Å². The lowest BCUT2D eigenvalue weighted by atomic mass is 10.1. The van der Waals surface area contributed by atoms with Crippen LogP contribution in [0.3, 0.4) is 0 Å².